The monoisotopic (exact) mass is 340 g/mol. The number of aliphatic hydroxyl groups is 1. The van der Waals surface area contributed by atoms with Crippen molar-refractivity contribution in [1.82, 2.24) is 9.88 Å². The van der Waals surface area contributed by atoms with Crippen LogP contribution in [-0.2, 0) is 21.5 Å². The number of allylic oxidation sites excluding steroid dienone is 1. The van der Waals surface area contributed by atoms with Crippen LogP contribution in [0.1, 0.15) is 24.6 Å². The van der Waals surface area contributed by atoms with Crippen LogP contribution in [0, 0.1) is 5.92 Å². The van der Waals surface area contributed by atoms with Crippen LogP contribution in [0.2, 0.25) is 0 Å². The molecule has 2 aromatic rings. The van der Waals surface area contributed by atoms with Crippen molar-refractivity contribution in [3.63, 3.8) is 0 Å². The van der Waals surface area contributed by atoms with Gasteiger partial charge in [0, 0.05) is 35.6 Å². The topological polar surface area (TPSA) is 65.6 Å². The molecular weight excluding hydrogens is 316 g/mol. The van der Waals surface area contributed by atoms with Crippen LogP contribution in [0.15, 0.2) is 35.9 Å². The van der Waals surface area contributed by atoms with Gasteiger partial charge in [-0.2, -0.15) is 0 Å². The van der Waals surface area contributed by atoms with Gasteiger partial charge in [0.05, 0.1) is 13.7 Å². The molecule has 4 heterocycles. The van der Waals surface area contributed by atoms with Crippen LogP contribution in [-0.4, -0.2) is 47.8 Å². The van der Waals surface area contributed by atoms with Gasteiger partial charge in [0.15, 0.2) is 0 Å². The number of nitrogens with one attached hydrogen (secondary N) is 1. The number of aromatic amines is 1. The lowest BCUT2D eigenvalue weighted by molar-refractivity contribution is -0.152. The first-order valence-corrected chi connectivity index (χ1v) is 8.82. The third-order valence-electron chi connectivity index (χ3n) is 5.99. The number of hydrogen-bond acceptors (Lipinski definition) is 4. The van der Waals surface area contributed by atoms with Crippen molar-refractivity contribution in [2.75, 3.05) is 26.8 Å². The number of methoxy groups -OCH3 is 1. The minimum atomic E-state index is -1.07. The van der Waals surface area contributed by atoms with Crippen molar-refractivity contribution < 1.29 is 14.6 Å². The van der Waals surface area contributed by atoms with Crippen molar-refractivity contribution >= 4 is 16.9 Å². The Morgan fingerprint density at radius 3 is 2.96 bits per heavy atom. The quantitative estimate of drug-likeness (QED) is 0.651. The molecule has 0 aliphatic carbocycles. The summed E-state index contributed by atoms with van der Waals surface area (Å²) in [5.74, 6) is -0.416. The van der Waals surface area contributed by atoms with Gasteiger partial charge in [-0.1, -0.05) is 29.8 Å². The molecule has 0 spiro atoms. The van der Waals surface area contributed by atoms with Crippen LogP contribution >= 0.6 is 0 Å². The highest BCUT2D eigenvalue weighted by Gasteiger charge is 2.54. The van der Waals surface area contributed by atoms with Crippen molar-refractivity contribution in [1.29, 1.82) is 0 Å². The summed E-state index contributed by atoms with van der Waals surface area (Å²) in [7, 11) is 1.41. The summed E-state index contributed by atoms with van der Waals surface area (Å²) in [5.41, 5.74) is 3.05. The summed E-state index contributed by atoms with van der Waals surface area (Å²) in [6, 6.07) is 8.10. The van der Waals surface area contributed by atoms with Gasteiger partial charge in [0.1, 0.15) is 5.41 Å². The zero-order valence-electron chi connectivity index (χ0n) is 14.7. The Labute approximate surface area is 147 Å². The Kier molecular flexibility index (Phi) is 3.93. The average Bonchev–Trinajstić information content (AvgIpc) is 2.99. The summed E-state index contributed by atoms with van der Waals surface area (Å²) in [6.45, 7) is 4.27. The minimum absolute atomic E-state index is 0.0571. The third kappa shape index (κ3) is 2.19. The predicted octanol–water partition coefficient (Wildman–Crippen LogP) is 2.35. The molecule has 2 N–H and O–H groups in total. The van der Waals surface area contributed by atoms with E-state index in [2.05, 4.69) is 22.0 Å². The maximum Gasteiger partial charge on any atom is 0.320 e. The SMILES string of the molecule is C/C=C1/CN2CCC1[C@@](CO)(C(=O)OC)c1[nH]c3ccccc3c1C2. The number of aromatic nitrogens is 1. The van der Waals surface area contributed by atoms with Crippen LogP contribution < -0.4 is 0 Å². The summed E-state index contributed by atoms with van der Waals surface area (Å²) >= 11 is 0. The van der Waals surface area contributed by atoms with E-state index in [4.69, 9.17) is 4.74 Å². The lowest BCUT2D eigenvalue weighted by Crippen LogP contribution is -2.54. The highest BCUT2D eigenvalue weighted by Crippen LogP contribution is 2.47. The van der Waals surface area contributed by atoms with E-state index >= 15 is 0 Å². The second-order valence-electron chi connectivity index (χ2n) is 7.06. The largest absolute Gasteiger partial charge is 0.468 e. The zero-order valence-corrected chi connectivity index (χ0v) is 14.7. The first-order valence-electron chi connectivity index (χ1n) is 8.82. The van der Waals surface area contributed by atoms with E-state index < -0.39 is 5.41 Å². The molecule has 0 saturated carbocycles. The molecular formula is C20H24N2O3. The highest BCUT2D eigenvalue weighted by atomic mass is 16.5. The van der Waals surface area contributed by atoms with Crippen molar-refractivity contribution in [2.24, 2.45) is 5.92 Å². The van der Waals surface area contributed by atoms with Crippen LogP contribution in [0.3, 0.4) is 0 Å². The molecule has 5 heteroatoms. The number of aliphatic hydroxyl groups excluding tert-OH is 1. The molecule has 3 aliphatic heterocycles. The van der Waals surface area contributed by atoms with Gasteiger partial charge in [-0.05, 0) is 31.5 Å². The Hall–Kier alpha value is -2.11. The second-order valence-corrected chi connectivity index (χ2v) is 7.06. The molecule has 5 nitrogen and oxygen atoms in total. The van der Waals surface area contributed by atoms with Crippen LogP contribution in [0.25, 0.3) is 10.9 Å². The van der Waals surface area contributed by atoms with E-state index in [9.17, 15) is 9.90 Å². The number of rotatable bonds is 2. The first kappa shape index (κ1) is 16.4. The molecule has 3 atom stereocenters. The van der Waals surface area contributed by atoms with Crippen molar-refractivity contribution in [2.45, 2.75) is 25.3 Å². The van der Waals surface area contributed by atoms with E-state index in [1.165, 1.54) is 12.7 Å². The molecule has 3 aliphatic rings. The molecule has 1 saturated heterocycles. The maximum absolute atomic E-state index is 13.0. The molecule has 25 heavy (non-hydrogen) atoms. The molecule has 5 rings (SSSR count). The molecule has 2 bridgehead atoms. The van der Waals surface area contributed by atoms with E-state index in [-0.39, 0.29) is 18.5 Å². The average molecular weight is 340 g/mol. The van der Waals surface area contributed by atoms with E-state index in [1.54, 1.807) is 0 Å². The second kappa shape index (κ2) is 6.00. The summed E-state index contributed by atoms with van der Waals surface area (Å²) in [5, 5.41) is 11.6. The van der Waals surface area contributed by atoms with Gasteiger partial charge >= 0.3 is 5.97 Å². The number of esters is 1. The number of fused-ring (bicyclic) bond motifs is 3. The summed E-state index contributed by atoms with van der Waals surface area (Å²) in [6.07, 6.45) is 2.93. The predicted molar refractivity (Wildman–Crippen MR) is 96.2 cm³/mol. The number of ether oxygens (including phenoxy) is 1. The number of carbonyl (C=O) groups excluding carboxylic acids is 1. The lowest BCUT2D eigenvalue weighted by Gasteiger charge is -2.46. The maximum atomic E-state index is 13.0. The Morgan fingerprint density at radius 1 is 1.44 bits per heavy atom. The molecule has 1 fully saturated rings. The Morgan fingerprint density at radius 2 is 2.24 bits per heavy atom. The van der Waals surface area contributed by atoms with Gasteiger partial charge in [0.25, 0.3) is 0 Å². The van der Waals surface area contributed by atoms with E-state index in [0.29, 0.717) is 0 Å². The van der Waals surface area contributed by atoms with Crippen molar-refractivity contribution in [3.8, 4) is 0 Å². The van der Waals surface area contributed by atoms with Gasteiger partial charge in [-0.3, -0.25) is 9.69 Å². The molecule has 132 valence electrons. The van der Waals surface area contributed by atoms with Gasteiger partial charge in [0.2, 0.25) is 0 Å². The Bertz CT molecular complexity index is 854. The molecule has 1 aromatic heterocycles. The standard InChI is InChI=1S/C20H24N2O3/c1-3-13-10-22-9-8-16(13)20(12-23,19(24)25-2)18-15(11-22)14-6-4-5-7-17(14)21-18/h3-7,16,21,23H,8-12H2,1-2H3/b13-3-/t16?,20-/m1/s1. The summed E-state index contributed by atoms with van der Waals surface area (Å²) in [4.78, 5) is 18.9. The number of piperidine rings is 1. The van der Waals surface area contributed by atoms with Gasteiger partial charge in [-0.15, -0.1) is 0 Å². The fraction of sp³-hybridized carbons (Fsp3) is 0.450. The third-order valence-corrected chi connectivity index (χ3v) is 5.99. The number of carbonyl (C=O) groups is 1. The number of nitrogens with zero attached hydrogens (tertiary/aromatic N) is 1. The number of H-pyrrole nitrogens is 1. The molecule has 2 unspecified atom stereocenters. The smallest absolute Gasteiger partial charge is 0.320 e. The van der Waals surface area contributed by atoms with Gasteiger partial charge < -0.3 is 14.8 Å². The van der Waals surface area contributed by atoms with Crippen LogP contribution in [0.5, 0.6) is 0 Å². The van der Waals surface area contributed by atoms with E-state index in [0.717, 1.165) is 48.2 Å². The number of hydrogen-bond donors (Lipinski definition) is 2. The number of para-hydroxylation sites is 1. The lowest BCUT2D eigenvalue weighted by atomic mass is 9.65. The highest BCUT2D eigenvalue weighted by molar-refractivity contribution is 5.91. The molecule has 1 aromatic carbocycles. The Balaban J connectivity index is 2.06. The van der Waals surface area contributed by atoms with Gasteiger partial charge in [-0.25, -0.2) is 0 Å². The van der Waals surface area contributed by atoms with Crippen molar-refractivity contribution in [3.05, 3.63) is 47.2 Å². The van der Waals surface area contributed by atoms with Crippen LogP contribution in [0.4, 0.5) is 0 Å². The zero-order chi connectivity index (χ0) is 17.6. The fourth-order valence-electron chi connectivity index (χ4n) is 4.76. The summed E-state index contributed by atoms with van der Waals surface area (Å²) < 4.78 is 5.22. The fourth-order valence-corrected chi connectivity index (χ4v) is 4.76. The minimum Gasteiger partial charge on any atom is -0.468 e. The molecule has 0 radical (unpaired) electrons. The normalized spacial score (nSPS) is 30.1. The number of benzene rings is 1. The van der Waals surface area contributed by atoms with E-state index in [1.807, 2.05) is 25.1 Å². The first-order chi connectivity index (χ1) is 12.2. The molecule has 0 amide bonds.